The van der Waals surface area contributed by atoms with Gasteiger partial charge in [-0.1, -0.05) is 0 Å². The molecule has 5 amide bonds. The molecule has 0 fully saturated rings. The fraction of sp³-hybridized carbons (Fsp3) is 0.600. The lowest BCUT2D eigenvalue weighted by atomic mass is 10.1. The number of carboxylic acids is 1. The Kier molecular flexibility index (Phi) is 11.3. The van der Waals surface area contributed by atoms with Gasteiger partial charge in [-0.3, -0.25) is 28.8 Å². The quantitative estimate of drug-likeness (QED) is 0.132. The van der Waals surface area contributed by atoms with E-state index in [1.54, 1.807) is 0 Å². The number of carboxylic acid groups (broad SMARTS) is 1. The Labute approximate surface area is 171 Å². The van der Waals surface area contributed by atoms with E-state index in [2.05, 4.69) is 28.6 Å². The number of primary amides is 2. The summed E-state index contributed by atoms with van der Waals surface area (Å²) in [6.45, 7) is 1.20. The largest absolute Gasteiger partial charge is 0.480 e. The van der Waals surface area contributed by atoms with E-state index >= 15 is 0 Å². The molecule has 164 valence electrons. The van der Waals surface area contributed by atoms with Crippen molar-refractivity contribution in [2.24, 2.45) is 17.2 Å². The van der Waals surface area contributed by atoms with Crippen LogP contribution in [0.15, 0.2) is 0 Å². The van der Waals surface area contributed by atoms with Gasteiger partial charge in [-0.25, -0.2) is 0 Å². The molecule has 0 heterocycles. The molecular formula is C15H26N6O7S. The molecule has 0 aromatic heterocycles. The van der Waals surface area contributed by atoms with Gasteiger partial charge in [-0.05, 0) is 13.3 Å². The number of thiol groups is 1. The number of hydrogen-bond donors (Lipinski definition) is 8. The van der Waals surface area contributed by atoms with Gasteiger partial charge in [0, 0.05) is 12.2 Å². The zero-order chi connectivity index (χ0) is 22.7. The van der Waals surface area contributed by atoms with Crippen LogP contribution in [0.1, 0.15) is 26.2 Å². The molecule has 13 nitrogen and oxygen atoms in total. The highest BCUT2D eigenvalue weighted by Gasteiger charge is 2.30. The fourth-order valence-corrected chi connectivity index (χ4v) is 2.14. The first-order valence-corrected chi connectivity index (χ1v) is 9.09. The minimum atomic E-state index is -1.45. The first-order chi connectivity index (χ1) is 13.4. The predicted molar refractivity (Wildman–Crippen MR) is 103 cm³/mol. The first-order valence-electron chi connectivity index (χ1n) is 8.46. The van der Waals surface area contributed by atoms with E-state index < -0.39 is 66.1 Å². The van der Waals surface area contributed by atoms with Crippen molar-refractivity contribution in [3.63, 3.8) is 0 Å². The molecule has 10 N–H and O–H groups in total. The van der Waals surface area contributed by atoms with Gasteiger partial charge in [0.25, 0.3) is 0 Å². The van der Waals surface area contributed by atoms with Crippen LogP contribution in [0.4, 0.5) is 0 Å². The molecule has 0 aromatic rings. The minimum Gasteiger partial charge on any atom is -0.480 e. The van der Waals surface area contributed by atoms with Crippen molar-refractivity contribution in [3.8, 4) is 0 Å². The number of aliphatic carboxylic acids is 1. The molecule has 0 bridgehead atoms. The Hall–Kier alpha value is -2.87. The zero-order valence-corrected chi connectivity index (χ0v) is 16.6. The molecule has 0 aliphatic heterocycles. The van der Waals surface area contributed by atoms with E-state index in [-0.39, 0.29) is 18.6 Å². The average Bonchev–Trinajstić information content (AvgIpc) is 2.62. The van der Waals surface area contributed by atoms with Crippen molar-refractivity contribution in [2.75, 3.05) is 5.75 Å². The minimum absolute atomic E-state index is 0.0343. The van der Waals surface area contributed by atoms with Crippen LogP contribution in [0.5, 0.6) is 0 Å². The van der Waals surface area contributed by atoms with Crippen LogP contribution in [0.25, 0.3) is 0 Å². The van der Waals surface area contributed by atoms with E-state index in [0.717, 1.165) is 0 Å². The van der Waals surface area contributed by atoms with Crippen molar-refractivity contribution in [2.45, 2.75) is 50.4 Å². The van der Waals surface area contributed by atoms with Crippen molar-refractivity contribution in [1.82, 2.24) is 16.0 Å². The van der Waals surface area contributed by atoms with E-state index in [9.17, 15) is 28.8 Å². The second kappa shape index (κ2) is 12.6. The summed E-state index contributed by atoms with van der Waals surface area (Å²) < 4.78 is 0. The van der Waals surface area contributed by atoms with Gasteiger partial charge in [0.05, 0.1) is 12.5 Å². The molecule has 4 atom stereocenters. The Balaban J connectivity index is 5.38. The van der Waals surface area contributed by atoms with Crippen molar-refractivity contribution >= 4 is 48.1 Å². The maximum atomic E-state index is 12.5. The van der Waals surface area contributed by atoms with Gasteiger partial charge < -0.3 is 38.3 Å². The van der Waals surface area contributed by atoms with E-state index in [4.69, 9.17) is 22.3 Å². The Morgan fingerprint density at radius 3 is 1.86 bits per heavy atom. The Morgan fingerprint density at radius 1 is 0.897 bits per heavy atom. The molecule has 4 unspecified atom stereocenters. The summed E-state index contributed by atoms with van der Waals surface area (Å²) in [5, 5.41) is 15.5. The number of nitrogens with two attached hydrogens (primary N) is 3. The highest BCUT2D eigenvalue weighted by Crippen LogP contribution is 2.02. The van der Waals surface area contributed by atoms with Crippen LogP contribution >= 0.6 is 12.6 Å². The second-order valence-corrected chi connectivity index (χ2v) is 6.52. The number of carbonyl (C=O) groups is 6. The summed E-state index contributed by atoms with van der Waals surface area (Å²) in [6, 6.07) is -5.15. The predicted octanol–water partition coefficient (Wildman–Crippen LogP) is -4.06. The summed E-state index contributed by atoms with van der Waals surface area (Å²) >= 11 is 3.85. The molecule has 0 rings (SSSR count). The fourth-order valence-electron chi connectivity index (χ4n) is 1.98. The molecule has 0 aromatic carbocycles. The van der Waals surface area contributed by atoms with Crippen molar-refractivity contribution in [3.05, 3.63) is 0 Å². The number of rotatable bonds is 13. The van der Waals surface area contributed by atoms with Gasteiger partial charge in [-0.2, -0.15) is 12.6 Å². The van der Waals surface area contributed by atoms with Crippen LogP contribution in [0.2, 0.25) is 0 Å². The standard InChI is InChI=1S/C15H26N6O7S/c1-6(15(27)28)19-13(25)8(2-3-10(17)22)20-14(26)9(4-11(18)23)21-12(24)7(16)5-29/h6-9,29H,2-5,16H2,1H3,(H2,17,22)(H2,18,23)(H,19,25)(H,20,26)(H,21,24)(H,27,28). The lowest BCUT2D eigenvalue weighted by molar-refractivity contribution is -0.142. The summed E-state index contributed by atoms with van der Waals surface area (Å²) in [5.74, 6) is -5.67. The molecule has 0 spiro atoms. The zero-order valence-electron chi connectivity index (χ0n) is 15.7. The Bertz CT molecular complexity index is 659. The molecular weight excluding hydrogens is 408 g/mol. The third kappa shape index (κ3) is 10.3. The number of hydrogen-bond acceptors (Lipinski definition) is 8. The topological polar surface area (TPSA) is 237 Å². The number of amides is 5. The summed E-state index contributed by atoms with van der Waals surface area (Å²) in [7, 11) is 0. The average molecular weight is 434 g/mol. The second-order valence-electron chi connectivity index (χ2n) is 6.16. The van der Waals surface area contributed by atoms with Gasteiger partial charge in [0.15, 0.2) is 0 Å². The first kappa shape index (κ1) is 26.1. The van der Waals surface area contributed by atoms with Crippen LogP contribution in [-0.4, -0.2) is 70.5 Å². The van der Waals surface area contributed by atoms with Crippen LogP contribution in [0.3, 0.4) is 0 Å². The normalized spacial score (nSPS) is 14.6. The summed E-state index contributed by atoms with van der Waals surface area (Å²) in [5.41, 5.74) is 15.6. The van der Waals surface area contributed by atoms with Crippen LogP contribution in [0, 0.1) is 0 Å². The lowest BCUT2D eigenvalue weighted by Gasteiger charge is -2.23. The molecule has 0 aliphatic carbocycles. The Morgan fingerprint density at radius 2 is 1.41 bits per heavy atom. The van der Waals surface area contributed by atoms with Crippen LogP contribution in [-0.2, 0) is 28.8 Å². The van der Waals surface area contributed by atoms with E-state index in [1.165, 1.54) is 6.92 Å². The van der Waals surface area contributed by atoms with Gasteiger partial charge in [0.2, 0.25) is 29.5 Å². The highest BCUT2D eigenvalue weighted by atomic mass is 32.1. The summed E-state index contributed by atoms with van der Waals surface area (Å²) in [6.07, 6.45) is -1.13. The smallest absolute Gasteiger partial charge is 0.325 e. The SMILES string of the molecule is CC(NC(=O)C(CCC(N)=O)NC(=O)C(CC(N)=O)NC(=O)C(N)CS)C(=O)O. The van der Waals surface area contributed by atoms with Crippen LogP contribution < -0.4 is 33.2 Å². The van der Waals surface area contributed by atoms with Gasteiger partial charge in [0.1, 0.15) is 18.1 Å². The van der Waals surface area contributed by atoms with E-state index in [0.29, 0.717) is 0 Å². The molecule has 0 saturated carbocycles. The number of nitrogens with one attached hydrogen (secondary N) is 3. The summed E-state index contributed by atoms with van der Waals surface area (Å²) in [4.78, 5) is 69.8. The lowest BCUT2D eigenvalue weighted by Crippen LogP contribution is -2.57. The molecule has 0 radical (unpaired) electrons. The van der Waals surface area contributed by atoms with Crippen molar-refractivity contribution < 1.29 is 33.9 Å². The van der Waals surface area contributed by atoms with Crippen molar-refractivity contribution in [1.29, 1.82) is 0 Å². The van der Waals surface area contributed by atoms with Gasteiger partial charge >= 0.3 is 5.97 Å². The number of carbonyl (C=O) groups excluding carboxylic acids is 5. The third-order valence-electron chi connectivity index (χ3n) is 3.61. The highest BCUT2D eigenvalue weighted by molar-refractivity contribution is 7.80. The van der Waals surface area contributed by atoms with Gasteiger partial charge in [-0.15, -0.1) is 0 Å². The maximum absolute atomic E-state index is 12.5. The maximum Gasteiger partial charge on any atom is 0.325 e. The molecule has 0 saturated heterocycles. The third-order valence-corrected chi connectivity index (χ3v) is 4.01. The monoisotopic (exact) mass is 434 g/mol. The molecule has 0 aliphatic rings. The molecule has 14 heteroatoms. The van der Waals surface area contributed by atoms with E-state index in [1.807, 2.05) is 0 Å². The molecule has 29 heavy (non-hydrogen) atoms.